The number of hydrogen-bond acceptors (Lipinski definition) is 2. The van der Waals surface area contributed by atoms with Crippen molar-refractivity contribution in [2.24, 2.45) is 0 Å². The van der Waals surface area contributed by atoms with Crippen LogP contribution in [0.2, 0.25) is 0 Å². The van der Waals surface area contributed by atoms with Crippen molar-refractivity contribution in [2.45, 2.75) is 24.9 Å². The summed E-state index contributed by atoms with van der Waals surface area (Å²) in [5, 5.41) is 3.56. The van der Waals surface area contributed by atoms with Crippen molar-refractivity contribution in [3.63, 3.8) is 0 Å². The highest BCUT2D eigenvalue weighted by Crippen LogP contribution is 2.38. The zero-order valence-corrected chi connectivity index (χ0v) is 7.55. The van der Waals surface area contributed by atoms with Crippen LogP contribution in [0.1, 0.15) is 18.4 Å². The number of rotatable bonds is 0. The Labute approximate surface area is 77.9 Å². The van der Waals surface area contributed by atoms with E-state index in [0.29, 0.717) is 5.54 Å². The Morgan fingerprint density at radius 3 is 2.92 bits per heavy atom. The van der Waals surface area contributed by atoms with Gasteiger partial charge in [-0.1, -0.05) is 18.2 Å². The minimum absolute atomic E-state index is 0.318. The van der Waals surface area contributed by atoms with Crippen molar-refractivity contribution in [3.05, 3.63) is 29.8 Å². The monoisotopic (exact) mass is 175 g/mol. The SMILES string of the molecule is c1ccc2c(c1)CNC1(CC1)CO2. The first-order chi connectivity index (χ1) is 6.38. The molecule has 0 atom stereocenters. The molecule has 1 spiro atoms. The number of nitrogens with one attached hydrogen (secondary N) is 1. The second-order valence-electron chi connectivity index (χ2n) is 4.03. The number of hydrogen-bond donors (Lipinski definition) is 1. The molecule has 0 unspecified atom stereocenters. The lowest BCUT2D eigenvalue weighted by atomic mass is 10.2. The summed E-state index contributed by atoms with van der Waals surface area (Å²) in [6.45, 7) is 1.79. The average molecular weight is 175 g/mol. The van der Waals surface area contributed by atoms with Gasteiger partial charge in [-0.05, 0) is 18.9 Å². The molecule has 0 radical (unpaired) electrons. The summed E-state index contributed by atoms with van der Waals surface area (Å²) in [4.78, 5) is 0. The lowest BCUT2D eigenvalue weighted by Gasteiger charge is -2.11. The van der Waals surface area contributed by atoms with Gasteiger partial charge in [0.05, 0.1) is 5.54 Å². The van der Waals surface area contributed by atoms with Gasteiger partial charge in [-0.15, -0.1) is 0 Å². The van der Waals surface area contributed by atoms with Gasteiger partial charge in [-0.2, -0.15) is 0 Å². The number of ether oxygens (including phenoxy) is 1. The summed E-state index contributed by atoms with van der Waals surface area (Å²) in [6, 6.07) is 8.28. The molecule has 13 heavy (non-hydrogen) atoms. The van der Waals surface area contributed by atoms with Crippen LogP contribution in [-0.2, 0) is 6.54 Å². The van der Waals surface area contributed by atoms with Crippen LogP contribution in [0, 0.1) is 0 Å². The van der Waals surface area contributed by atoms with Crippen LogP contribution in [0.15, 0.2) is 24.3 Å². The molecule has 1 aromatic carbocycles. The fraction of sp³-hybridized carbons (Fsp3) is 0.455. The minimum Gasteiger partial charge on any atom is -0.491 e. The molecule has 0 amide bonds. The maximum absolute atomic E-state index is 5.76. The van der Waals surface area contributed by atoms with Gasteiger partial charge < -0.3 is 10.1 Å². The van der Waals surface area contributed by atoms with Crippen LogP contribution >= 0.6 is 0 Å². The molecule has 1 aromatic rings. The highest BCUT2D eigenvalue weighted by atomic mass is 16.5. The van der Waals surface area contributed by atoms with E-state index in [1.54, 1.807) is 0 Å². The van der Waals surface area contributed by atoms with Crippen molar-refractivity contribution >= 4 is 0 Å². The average Bonchev–Trinajstić information content (AvgIpc) is 2.96. The van der Waals surface area contributed by atoms with E-state index in [1.165, 1.54) is 18.4 Å². The van der Waals surface area contributed by atoms with Gasteiger partial charge in [-0.25, -0.2) is 0 Å². The molecular weight excluding hydrogens is 162 g/mol. The molecule has 68 valence electrons. The van der Waals surface area contributed by atoms with E-state index in [-0.39, 0.29) is 0 Å². The molecule has 1 aliphatic carbocycles. The highest BCUT2D eigenvalue weighted by Gasteiger charge is 2.44. The zero-order valence-electron chi connectivity index (χ0n) is 7.55. The number of fused-ring (bicyclic) bond motifs is 1. The molecular formula is C11H13NO. The van der Waals surface area contributed by atoms with E-state index in [2.05, 4.69) is 23.5 Å². The molecule has 2 nitrogen and oxygen atoms in total. The van der Waals surface area contributed by atoms with E-state index >= 15 is 0 Å². The molecule has 1 saturated carbocycles. The minimum atomic E-state index is 0.318. The summed E-state index contributed by atoms with van der Waals surface area (Å²) in [7, 11) is 0. The molecule has 2 heteroatoms. The van der Waals surface area contributed by atoms with Gasteiger partial charge in [0.25, 0.3) is 0 Å². The van der Waals surface area contributed by atoms with Crippen molar-refractivity contribution in [3.8, 4) is 5.75 Å². The van der Waals surface area contributed by atoms with Crippen LogP contribution in [0.4, 0.5) is 0 Å². The smallest absolute Gasteiger partial charge is 0.123 e. The Hall–Kier alpha value is -1.02. The van der Waals surface area contributed by atoms with Gasteiger partial charge >= 0.3 is 0 Å². The Kier molecular flexibility index (Phi) is 1.41. The first kappa shape index (κ1) is 7.39. The van der Waals surface area contributed by atoms with E-state index in [1.807, 2.05) is 6.07 Å². The quantitative estimate of drug-likeness (QED) is 0.648. The van der Waals surface area contributed by atoms with Crippen LogP contribution in [0.25, 0.3) is 0 Å². The number of benzene rings is 1. The Morgan fingerprint density at radius 1 is 1.23 bits per heavy atom. The lowest BCUT2D eigenvalue weighted by molar-refractivity contribution is 0.266. The first-order valence-electron chi connectivity index (χ1n) is 4.84. The standard InChI is InChI=1S/C11H13NO/c1-2-4-10-9(3-1)7-12-11(5-6-11)8-13-10/h1-4,12H,5-8H2. The fourth-order valence-electron chi connectivity index (χ4n) is 1.81. The van der Waals surface area contributed by atoms with E-state index in [4.69, 9.17) is 4.74 Å². The maximum atomic E-state index is 5.76. The highest BCUT2D eigenvalue weighted by molar-refractivity contribution is 5.34. The Balaban J connectivity index is 1.92. The third-order valence-electron chi connectivity index (χ3n) is 2.98. The molecule has 0 aromatic heterocycles. The van der Waals surface area contributed by atoms with Crippen LogP contribution in [0.3, 0.4) is 0 Å². The van der Waals surface area contributed by atoms with E-state index in [0.717, 1.165) is 18.9 Å². The summed E-state index contributed by atoms with van der Waals surface area (Å²) in [6.07, 6.45) is 2.53. The maximum Gasteiger partial charge on any atom is 0.123 e. The molecule has 2 aliphatic rings. The number of para-hydroxylation sites is 1. The topological polar surface area (TPSA) is 21.3 Å². The summed E-state index contributed by atoms with van der Waals surface area (Å²) in [5.74, 6) is 1.05. The van der Waals surface area contributed by atoms with Gasteiger partial charge in [0.1, 0.15) is 12.4 Å². The zero-order chi connectivity index (χ0) is 8.73. The fourth-order valence-corrected chi connectivity index (χ4v) is 1.81. The third kappa shape index (κ3) is 1.22. The van der Waals surface area contributed by atoms with Crippen molar-refractivity contribution in [1.82, 2.24) is 5.32 Å². The first-order valence-corrected chi connectivity index (χ1v) is 4.84. The molecule has 3 rings (SSSR count). The van der Waals surface area contributed by atoms with Crippen LogP contribution in [0.5, 0.6) is 5.75 Å². The molecule has 1 aliphatic heterocycles. The second kappa shape index (κ2) is 2.48. The molecule has 1 N–H and O–H groups in total. The molecule has 0 bridgehead atoms. The predicted octanol–water partition coefficient (Wildman–Crippen LogP) is 1.70. The molecule has 1 heterocycles. The summed E-state index contributed by atoms with van der Waals surface area (Å²) < 4.78 is 5.76. The van der Waals surface area contributed by atoms with E-state index < -0.39 is 0 Å². The Bertz CT molecular complexity index is 302. The van der Waals surface area contributed by atoms with Crippen molar-refractivity contribution in [2.75, 3.05) is 6.61 Å². The van der Waals surface area contributed by atoms with Gasteiger partial charge in [-0.3, -0.25) is 0 Å². The van der Waals surface area contributed by atoms with Crippen LogP contribution in [-0.4, -0.2) is 12.1 Å². The lowest BCUT2D eigenvalue weighted by Crippen LogP contribution is -2.34. The van der Waals surface area contributed by atoms with Gasteiger partial charge in [0.15, 0.2) is 0 Å². The normalized spacial score (nSPS) is 23.1. The van der Waals surface area contributed by atoms with Crippen molar-refractivity contribution in [1.29, 1.82) is 0 Å². The van der Waals surface area contributed by atoms with Crippen LogP contribution < -0.4 is 10.1 Å². The third-order valence-corrected chi connectivity index (χ3v) is 2.98. The van der Waals surface area contributed by atoms with Crippen molar-refractivity contribution < 1.29 is 4.74 Å². The molecule has 0 saturated heterocycles. The predicted molar refractivity (Wildman–Crippen MR) is 50.7 cm³/mol. The Morgan fingerprint density at radius 2 is 2.08 bits per heavy atom. The largest absolute Gasteiger partial charge is 0.491 e. The van der Waals surface area contributed by atoms with Gasteiger partial charge in [0.2, 0.25) is 0 Å². The summed E-state index contributed by atoms with van der Waals surface area (Å²) >= 11 is 0. The second-order valence-corrected chi connectivity index (χ2v) is 4.03. The van der Waals surface area contributed by atoms with Gasteiger partial charge in [0, 0.05) is 12.1 Å². The molecule has 1 fully saturated rings. The summed E-state index contributed by atoms with van der Waals surface area (Å²) in [5.41, 5.74) is 1.60. The van der Waals surface area contributed by atoms with E-state index in [9.17, 15) is 0 Å².